The molecule has 1 rings (SSSR count). The second-order valence-corrected chi connectivity index (χ2v) is 8.13. The zero-order chi connectivity index (χ0) is 22.6. The van der Waals surface area contributed by atoms with Gasteiger partial charge in [0.25, 0.3) is 0 Å². The molecule has 0 aliphatic heterocycles. The van der Waals surface area contributed by atoms with Crippen LogP contribution >= 0.6 is 24.0 Å². The van der Waals surface area contributed by atoms with E-state index < -0.39 is 11.7 Å². The fraction of sp³-hybridized carbons (Fsp3) is 0.591. The smallest absolute Gasteiger partial charge is 0.412 e. The van der Waals surface area contributed by atoms with E-state index in [1.165, 1.54) is 0 Å². The van der Waals surface area contributed by atoms with Gasteiger partial charge in [0.15, 0.2) is 5.96 Å². The molecule has 0 fully saturated rings. The van der Waals surface area contributed by atoms with Crippen molar-refractivity contribution >= 4 is 47.6 Å². The molecule has 1 aromatic carbocycles. The molecule has 1 unspecified atom stereocenters. The van der Waals surface area contributed by atoms with Crippen molar-refractivity contribution in [3.05, 3.63) is 29.8 Å². The Morgan fingerprint density at radius 1 is 1.10 bits per heavy atom. The van der Waals surface area contributed by atoms with E-state index in [1.807, 2.05) is 58.9 Å². The van der Waals surface area contributed by atoms with E-state index in [0.717, 1.165) is 18.4 Å². The number of carbonyl (C=O) groups excluding carboxylic acids is 2. The fourth-order valence-electron chi connectivity index (χ4n) is 2.47. The molecule has 0 aliphatic rings. The third kappa shape index (κ3) is 13.8. The lowest BCUT2D eigenvalue weighted by molar-refractivity contribution is -0.121. The van der Waals surface area contributed by atoms with Crippen LogP contribution in [0, 0.1) is 0 Å². The quantitative estimate of drug-likeness (QED) is 0.215. The number of nitrogens with zero attached hydrogens (tertiary/aromatic N) is 1. The van der Waals surface area contributed by atoms with Crippen LogP contribution in [-0.2, 0) is 16.0 Å². The summed E-state index contributed by atoms with van der Waals surface area (Å²) in [6.07, 6.45) is 1.64. The van der Waals surface area contributed by atoms with Gasteiger partial charge in [0.05, 0.1) is 0 Å². The first-order chi connectivity index (χ1) is 14.1. The molecule has 31 heavy (non-hydrogen) atoms. The molecule has 0 heterocycles. The highest BCUT2D eigenvalue weighted by Crippen LogP contribution is 2.13. The van der Waals surface area contributed by atoms with Crippen molar-refractivity contribution < 1.29 is 14.3 Å². The number of halogens is 1. The van der Waals surface area contributed by atoms with E-state index in [1.54, 1.807) is 7.05 Å². The minimum absolute atomic E-state index is 0. The van der Waals surface area contributed by atoms with Crippen LogP contribution in [0.15, 0.2) is 29.3 Å². The van der Waals surface area contributed by atoms with Crippen LogP contribution in [0.3, 0.4) is 0 Å². The zero-order valence-electron chi connectivity index (χ0n) is 19.5. The molecular weight excluding hydrogens is 509 g/mol. The Morgan fingerprint density at radius 3 is 2.26 bits per heavy atom. The molecule has 0 aliphatic carbocycles. The Kier molecular flexibility index (Phi) is 13.9. The van der Waals surface area contributed by atoms with Crippen molar-refractivity contribution in [2.45, 2.75) is 65.5 Å². The van der Waals surface area contributed by atoms with Crippen molar-refractivity contribution in [1.29, 1.82) is 0 Å². The summed E-state index contributed by atoms with van der Waals surface area (Å²) in [5, 5.41) is 12.0. The van der Waals surface area contributed by atoms with Gasteiger partial charge in [-0.1, -0.05) is 19.1 Å². The van der Waals surface area contributed by atoms with Gasteiger partial charge in [-0.2, -0.15) is 0 Å². The number of benzene rings is 1. The number of hydrogen-bond donors (Lipinski definition) is 4. The van der Waals surface area contributed by atoms with E-state index in [9.17, 15) is 9.59 Å². The van der Waals surface area contributed by atoms with Gasteiger partial charge in [-0.3, -0.25) is 15.1 Å². The fourth-order valence-corrected chi connectivity index (χ4v) is 2.47. The molecule has 0 bridgehead atoms. The van der Waals surface area contributed by atoms with Crippen LogP contribution in [0.25, 0.3) is 0 Å². The minimum atomic E-state index is -0.528. The van der Waals surface area contributed by atoms with Crippen molar-refractivity contribution in [3.8, 4) is 0 Å². The standard InChI is InChI=1S/C22H37N5O3.HI/c1-7-16(2)26-19(28)13-15-25-20(23-6)24-14-12-17-8-10-18(11-9-17)27-21(29)30-22(3,4)5;/h8-11,16H,7,12-15H2,1-6H3,(H,26,28)(H,27,29)(H2,23,24,25);1H. The number of carbonyl (C=O) groups is 2. The van der Waals surface area contributed by atoms with Crippen molar-refractivity contribution in [2.24, 2.45) is 4.99 Å². The zero-order valence-corrected chi connectivity index (χ0v) is 21.8. The lowest BCUT2D eigenvalue weighted by Crippen LogP contribution is -2.41. The Hall–Kier alpha value is -2.04. The number of amides is 2. The van der Waals surface area contributed by atoms with E-state index in [-0.39, 0.29) is 35.9 Å². The molecule has 1 atom stereocenters. The summed E-state index contributed by atoms with van der Waals surface area (Å²) in [5.41, 5.74) is 1.29. The molecule has 4 N–H and O–H groups in total. The highest BCUT2D eigenvalue weighted by atomic mass is 127. The van der Waals surface area contributed by atoms with Gasteiger partial charge >= 0.3 is 6.09 Å². The molecule has 0 radical (unpaired) electrons. The van der Waals surface area contributed by atoms with Crippen molar-refractivity contribution in [3.63, 3.8) is 0 Å². The summed E-state index contributed by atoms with van der Waals surface area (Å²) < 4.78 is 5.24. The molecule has 0 aromatic heterocycles. The monoisotopic (exact) mass is 547 g/mol. The van der Waals surface area contributed by atoms with Crippen LogP contribution < -0.4 is 21.3 Å². The first-order valence-corrected chi connectivity index (χ1v) is 10.5. The Bertz CT molecular complexity index is 702. The Balaban J connectivity index is 0.00000900. The van der Waals surface area contributed by atoms with Crippen molar-refractivity contribution in [2.75, 3.05) is 25.5 Å². The van der Waals surface area contributed by atoms with E-state index in [2.05, 4.69) is 26.3 Å². The molecular formula is C22H38IN5O3. The van der Waals surface area contributed by atoms with Gasteiger partial charge in [0, 0.05) is 38.3 Å². The average molecular weight is 547 g/mol. The lowest BCUT2D eigenvalue weighted by Gasteiger charge is -2.19. The van der Waals surface area contributed by atoms with Gasteiger partial charge in [0.1, 0.15) is 5.60 Å². The van der Waals surface area contributed by atoms with Crippen LogP contribution in [0.5, 0.6) is 0 Å². The summed E-state index contributed by atoms with van der Waals surface area (Å²) in [6.45, 7) is 10.7. The Labute approximate surface area is 203 Å². The number of rotatable bonds is 9. The summed E-state index contributed by atoms with van der Waals surface area (Å²) in [7, 11) is 1.70. The summed E-state index contributed by atoms with van der Waals surface area (Å²) in [4.78, 5) is 27.8. The number of aliphatic imine (C=N–C) groups is 1. The van der Waals surface area contributed by atoms with E-state index in [0.29, 0.717) is 31.2 Å². The first-order valence-electron chi connectivity index (χ1n) is 10.5. The maximum Gasteiger partial charge on any atom is 0.412 e. The van der Waals surface area contributed by atoms with Crippen LogP contribution in [0.2, 0.25) is 0 Å². The third-order valence-corrected chi connectivity index (χ3v) is 4.19. The molecule has 2 amide bonds. The largest absolute Gasteiger partial charge is 0.444 e. The summed E-state index contributed by atoms with van der Waals surface area (Å²) in [5.74, 6) is 0.696. The molecule has 176 valence electrons. The van der Waals surface area contributed by atoms with Gasteiger partial charge in [-0.05, 0) is 58.2 Å². The summed E-state index contributed by atoms with van der Waals surface area (Å²) >= 11 is 0. The van der Waals surface area contributed by atoms with Crippen LogP contribution in [0.1, 0.15) is 53.0 Å². The number of anilines is 1. The molecule has 1 aromatic rings. The molecule has 8 nitrogen and oxygen atoms in total. The normalized spacial score (nSPS) is 12.3. The highest BCUT2D eigenvalue weighted by molar-refractivity contribution is 14.0. The minimum Gasteiger partial charge on any atom is -0.444 e. The van der Waals surface area contributed by atoms with Gasteiger partial charge < -0.3 is 20.7 Å². The number of nitrogens with one attached hydrogen (secondary N) is 4. The van der Waals surface area contributed by atoms with Gasteiger partial charge in [-0.15, -0.1) is 24.0 Å². The molecule has 0 spiro atoms. The third-order valence-electron chi connectivity index (χ3n) is 4.19. The first kappa shape index (κ1) is 29.0. The lowest BCUT2D eigenvalue weighted by atomic mass is 10.1. The maximum absolute atomic E-state index is 11.8. The Morgan fingerprint density at radius 2 is 1.71 bits per heavy atom. The average Bonchev–Trinajstić information content (AvgIpc) is 2.66. The van der Waals surface area contributed by atoms with E-state index >= 15 is 0 Å². The number of ether oxygens (including phenoxy) is 1. The number of guanidine groups is 1. The topological polar surface area (TPSA) is 104 Å². The predicted molar refractivity (Wildman–Crippen MR) is 137 cm³/mol. The second kappa shape index (κ2) is 14.9. The highest BCUT2D eigenvalue weighted by Gasteiger charge is 2.16. The molecule has 0 saturated heterocycles. The summed E-state index contributed by atoms with van der Waals surface area (Å²) in [6, 6.07) is 7.82. The SMILES string of the molecule is CCC(C)NC(=O)CCNC(=NC)NCCc1ccc(NC(=O)OC(C)(C)C)cc1.I. The van der Waals surface area contributed by atoms with Crippen LogP contribution in [0.4, 0.5) is 10.5 Å². The maximum atomic E-state index is 11.8. The molecule has 9 heteroatoms. The predicted octanol–water partition coefficient (Wildman–Crippen LogP) is 3.66. The van der Waals surface area contributed by atoms with Gasteiger partial charge in [0.2, 0.25) is 5.91 Å². The van der Waals surface area contributed by atoms with Crippen LogP contribution in [-0.4, -0.2) is 49.7 Å². The van der Waals surface area contributed by atoms with E-state index in [4.69, 9.17) is 4.74 Å². The van der Waals surface area contributed by atoms with Crippen molar-refractivity contribution in [1.82, 2.24) is 16.0 Å². The number of hydrogen-bond acceptors (Lipinski definition) is 4. The second-order valence-electron chi connectivity index (χ2n) is 8.13. The molecule has 0 saturated carbocycles. The van der Waals surface area contributed by atoms with Gasteiger partial charge in [-0.25, -0.2) is 4.79 Å².